The number of hydrogen-bond donors (Lipinski definition) is 2. The van der Waals surface area contributed by atoms with E-state index in [4.69, 9.17) is 10.8 Å². The van der Waals surface area contributed by atoms with Gasteiger partial charge in [0.1, 0.15) is 0 Å². The molecule has 2 aromatic carbocycles. The second-order valence-electron chi connectivity index (χ2n) is 3.45. The lowest BCUT2D eigenvalue weighted by Gasteiger charge is -2.06. The Morgan fingerprint density at radius 3 is 2.35 bits per heavy atom. The van der Waals surface area contributed by atoms with E-state index in [1.165, 1.54) is 0 Å². The molecule has 3 N–H and O–H groups in total. The summed E-state index contributed by atoms with van der Waals surface area (Å²) in [5.74, 6) is 0. The van der Waals surface area contributed by atoms with Gasteiger partial charge in [-0.2, -0.15) is 0 Å². The molecule has 2 rings (SSSR count). The zero-order chi connectivity index (χ0) is 12.7. The van der Waals surface area contributed by atoms with Crippen LogP contribution in [0, 0.1) is 0 Å². The molecule has 17 heavy (non-hydrogen) atoms. The number of rotatable bonds is 2. The number of aliphatic hydroxyl groups is 1. The van der Waals surface area contributed by atoms with E-state index < -0.39 is 0 Å². The van der Waals surface area contributed by atoms with Gasteiger partial charge in [0.25, 0.3) is 0 Å². The Morgan fingerprint density at radius 1 is 1.00 bits per heavy atom. The van der Waals surface area contributed by atoms with Crippen LogP contribution in [0.15, 0.2) is 48.5 Å². The molecular formula is C15H19NO. The van der Waals surface area contributed by atoms with Crippen molar-refractivity contribution in [3.63, 3.8) is 0 Å². The van der Waals surface area contributed by atoms with Crippen molar-refractivity contribution in [1.82, 2.24) is 0 Å². The first-order chi connectivity index (χ1) is 8.31. The van der Waals surface area contributed by atoms with Gasteiger partial charge < -0.3 is 10.8 Å². The quantitative estimate of drug-likeness (QED) is 0.775. The fourth-order valence-electron chi connectivity index (χ4n) is 1.60. The SMILES string of the molecule is CC.Nc1ccccc1-c1cccc(CO)c1. The maximum atomic E-state index is 9.05. The third-order valence-electron chi connectivity index (χ3n) is 2.38. The van der Waals surface area contributed by atoms with Crippen molar-refractivity contribution < 1.29 is 5.11 Å². The van der Waals surface area contributed by atoms with E-state index in [-0.39, 0.29) is 6.61 Å². The van der Waals surface area contributed by atoms with Crippen LogP contribution in [0.5, 0.6) is 0 Å². The Hall–Kier alpha value is -1.80. The van der Waals surface area contributed by atoms with Crippen LogP contribution in [0.3, 0.4) is 0 Å². The van der Waals surface area contributed by atoms with E-state index in [1.54, 1.807) is 0 Å². The van der Waals surface area contributed by atoms with Gasteiger partial charge in [0, 0.05) is 11.3 Å². The highest BCUT2D eigenvalue weighted by atomic mass is 16.3. The first-order valence-corrected chi connectivity index (χ1v) is 5.86. The van der Waals surface area contributed by atoms with E-state index in [2.05, 4.69) is 0 Å². The molecule has 0 saturated heterocycles. The molecule has 2 nitrogen and oxygen atoms in total. The fourth-order valence-corrected chi connectivity index (χ4v) is 1.60. The zero-order valence-corrected chi connectivity index (χ0v) is 10.4. The van der Waals surface area contributed by atoms with E-state index in [0.717, 1.165) is 22.4 Å². The Labute approximate surface area is 103 Å². The van der Waals surface area contributed by atoms with Gasteiger partial charge >= 0.3 is 0 Å². The number of nitrogen functional groups attached to an aromatic ring is 1. The molecule has 0 fully saturated rings. The summed E-state index contributed by atoms with van der Waals surface area (Å²) in [6.07, 6.45) is 0. The highest BCUT2D eigenvalue weighted by Gasteiger charge is 2.01. The molecule has 0 radical (unpaired) electrons. The molecule has 0 saturated carbocycles. The minimum atomic E-state index is 0.0561. The van der Waals surface area contributed by atoms with Crippen molar-refractivity contribution >= 4 is 5.69 Å². The van der Waals surface area contributed by atoms with Gasteiger partial charge in [-0.1, -0.05) is 50.2 Å². The first kappa shape index (κ1) is 13.3. The van der Waals surface area contributed by atoms with Crippen LogP contribution >= 0.6 is 0 Å². The summed E-state index contributed by atoms with van der Waals surface area (Å²) in [6, 6.07) is 15.5. The zero-order valence-electron chi connectivity index (χ0n) is 10.4. The smallest absolute Gasteiger partial charge is 0.0682 e. The van der Waals surface area contributed by atoms with Crippen molar-refractivity contribution in [3.8, 4) is 11.1 Å². The molecule has 0 atom stereocenters. The predicted molar refractivity (Wildman–Crippen MR) is 73.6 cm³/mol. The molecule has 0 aliphatic heterocycles. The molecule has 0 amide bonds. The molecule has 0 aromatic heterocycles. The second-order valence-corrected chi connectivity index (χ2v) is 3.45. The van der Waals surface area contributed by atoms with Gasteiger partial charge in [-0.15, -0.1) is 0 Å². The molecule has 0 bridgehead atoms. The minimum Gasteiger partial charge on any atom is -0.398 e. The summed E-state index contributed by atoms with van der Waals surface area (Å²) in [4.78, 5) is 0. The van der Waals surface area contributed by atoms with Gasteiger partial charge in [0.15, 0.2) is 0 Å². The molecule has 0 aliphatic carbocycles. The summed E-state index contributed by atoms with van der Waals surface area (Å²) >= 11 is 0. The number of hydrogen-bond acceptors (Lipinski definition) is 2. The van der Waals surface area contributed by atoms with Crippen molar-refractivity contribution in [2.45, 2.75) is 20.5 Å². The molecular weight excluding hydrogens is 210 g/mol. The minimum absolute atomic E-state index is 0.0561. The van der Waals surface area contributed by atoms with Gasteiger partial charge in [-0.25, -0.2) is 0 Å². The standard InChI is InChI=1S/C13H13NO.C2H6/c14-13-7-2-1-6-12(13)11-5-3-4-10(8-11)9-15;1-2/h1-8,15H,9,14H2;1-2H3. The van der Waals surface area contributed by atoms with E-state index >= 15 is 0 Å². The van der Waals surface area contributed by atoms with Crippen molar-refractivity contribution in [3.05, 3.63) is 54.1 Å². The summed E-state index contributed by atoms with van der Waals surface area (Å²) in [5.41, 5.74) is 9.59. The van der Waals surface area contributed by atoms with Gasteiger partial charge in [0.05, 0.1) is 6.61 Å². The number of anilines is 1. The highest BCUT2D eigenvalue weighted by Crippen LogP contribution is 2.25. The van der Waals surface area contributed by atoms with Crippen LogP contribution in [0.1, 0.15) is 19.4 Å². The molecule has 2 heteroatoms. The average Bonchev–Trinajstić information content (AvgIpc) is 2.42. The lowest BCUT2D eigenvalue weighted by atomic mass is 10.0. The molecule has 0 spiro atoms. The lowest BCUT2D eigenvalue weighted by Crippen LogP contribution is -1.90. The van der Waals surface area contributed by atoms with E-state index in [1.807, 2.05) is 62.4 Å². The summed E-state index contributed by atoms with van der Waals surface area (Å²) in [5, 5.41) is 9.05. The molecule has 0 aliphatic rings. The molecule has 2 aromatic rings. The van der Waals surface area contributed by atoms with Crippen molar-refractivity contribution in [2.24, 2.45) is 0 Å². The summed E-state index contributed by atoms with van der Waals surface area (Å²) < 4.78 is 0. The van der Waals surface area contributed by atoms with Crippen LogP contribution in [-0.2, 0) is 6.61 Å². The lowest BCUT2D eigenvalue weighted by molar-refractivity contribution is 0.282. The van der Waals surface area contributed by atoms with Crippen molar-refractivity contribution in [1.29, 1.82) is 0 Å². The monoisotopic (exact) mass is 229 g/mol. The van der Waals surface area contributed by atoms with Crippen LogP contribution in [0.2, 0.25) is 0 Å². The van der Waals surface area contributed by atoms with Crippen molar-refractivity contribution in [2.75, 3.05) is 5.73 Å². The Morgan fingerprint density at radius 2 is 1.71 bits per heavy atom. The molecule has 90 valence electrons. The van der Waals surface area contributed by atoms with E-state index in [0.29, 0.717) is 0 Å². The Kier molecular flexibility index (Phi) is 5.24. The number of nitrogens with two attached hydrogens (primary N) is 1. The molecule has 0 heterocycles. The third kappa shape index (κ3) is 3.33. The van der Waals surface area contributed by atoms with Crippen LogP contribution < -0.4 is 5.73 Å². The largest absolute Gasteiger partial charge is 0.398 e. The average molecular weight is 229 g/mol. The fraction of sp³-hybridized carbons (Fsp3) is 0.200. The first-order valence-electron chi connectivity index (χ1n) is 5.86. The van der Waals surface area contributed by atoms with Gasteiger partial charge in [-0.05, 0) is 23.3 Å². The Bertz CT molecular complexity index is 466. The predicted octanol–water partition coefficient (Wildman–Crippen LogP) is 3.45. The number of benzene rings is 2. The summed E-state index contributed by atoms with van der Waals surface area (Å²) in [6.45, 7) is 4.06. The maximum absolute atomic E-state index is 9.05. The van der Waals surface area contributed by atoms with Gasteiger partial charge in [-0.3, -0.25) is 0 Å². The van der Waals surface area contributed by atoms with Gasteiger partial charge in [0.2, 0.25) is 0 Å². The molecule has 0 unspecified atom stereocenters. The van der Waals surface area contributed by atoms with Crippen LogP contribution in [0.4, 0.5) is 5.69 Å². The highest BCUT2D eigenvalue weighted by molar-refractivity contribution is 5.76. The van der Waals surface area contributed by atoms with Crippen LogP contribution in [-0.4, -0.2) is 5.11 Å². The number of para-hydroxylation sites is 1. The van der Waals surface area contributed by atoms with E-state index in [9.17, 15) is 0 Å². The number of aliphatic hydroxyl groups excluding tert-OH is 1. The summed E-state index contributed by atoms with van der Waals surface area (Å²) in [7, 11) is 0. The Balaban J connectivity index is 0.000000686. The maximum Gasteiger partial charge on any atom is 0.0682 e. The second kappa shape index (κ2) is 6.71. The normalized spacial score (nSPS) is 9.35. The van der Waals surface area contributed by atoms with Crippen LogP contribution in [0.25, 0.3) is 11.1 Å². The topological polar surface area (TPSA) is 46.2 Å². The third-order valence-corrected chi connectivity index (χ3v) is 2.38.